The maximum Gasteiger partial charge on any atom is 0.268 e. The topological polar surface area (TPSA) is 68.2 Å². The van der Waals surface area contributed by atoms with Crippen molar-refractivity contribution in [3.8, 4) is 0 Å². The lowest BCUT2D eigenvalue weighted by atomic mass is 9.87. The Bertz CT molecular complexity index is 1240. The molecular formula is C28H36N2O3S. The second-order valence-electron chi connectivity index (χ2n) is 10.5. The molecule has 1 saturated carbocycles. The van der Waals surface area contributed by atoms with E-state index in [9.17, 15) is 13.2 Å². The number of carbonyl (C=O) groups is 1. The van der Waals surface area contributed by atoms with Gasteiger partial charge in [-0.25, -0.2) is 12.4 Å². The fraction of sp³-hybridized carbons (Fsp3) is 0.464. The molecule has 182 valence electrons. The number of aryl methyl sites for hydroxylation is 1. The summed E-state index contributed by atoms with van der Waals surface area (Å²) in [6.07, 6.45) is 9.50. The molecule has 0 bridgehead atoms. The van der Waals surface area contributed by atoms with Gasteiger partial charge in [0.15, 0.2) is 0 Å². The standard InChI is InChI=1S/C28H36N2O3S/c1-28(2,3)22-15-17-24(18-16-22)34(32,33)30-20-21(25-12-8-9-13-26(25)30)14-19-27(31)29-23-10-6-4-5-7-11-23/h8-9,12-13,15-18,20,23H,4-7,10-11,14,19H2,1-3H3,(H,29,31). The molecule has 2 aromatic carbocycles. The molecule has 5 nitrogen and oxygen atoms in total. The summed E-state index contributed by atoms with van der Waals surface area (Å²) in [6, 6.07) is 14.9. The Morgan fingerprint density at radius 2 is 1.62 bits per heavy atom. The number of aromatic nitrogens is 1. The summed E-state index contributed by atoms with van der Waals surface area (Å²) in [5.74, 6) is 0.0457. The van der Waals surface area contributed by atoms with Crippen molar-refractivity contribution in [2.75, 3.05) is 0 Å². The monoisotopic (exact) mass is 480 g/mol. The summed E-state index contributed by atoms with van der Waals surface area (Å²) >= 11 is 0. The Kier molecular flexibility index (Phi) is 7.17. The highest BCUT2D eigenvalue weighted by Crippen LogP contribution is 2.29. The Morgan fingerprint density at radius 1 is 0.971 bits per heavy atom. The second-order valence-corrected chi connectivity index (χ2v) is 12.3. The molecule has 6 heteroatoms. The minimum atomic E-state index is -3.76. The first-order valence-electron chi connectivity index (χ1n) is 12.4. The number of hydrogen-bond acceptors (Lipinski definition) is 3. The van der Waals surface area contributed by atoms with Crippen molar-refractivity contribution in [2.24, 2.45) is 0 Å². The first-order chi connectivity index (χ1) is 16.2. The fourth-order valence-electron chi connectivity index (χ4n) is 4.83. The molecule has 4 rings (SSSR count). The minimum Gasteiger partial charge on any atom is -0.353 e. The summed E-state index contributed by atoms with van der Waals surface area (Å²) < 4.78 is 28.4. The zero-order chi connectivity index (χ0) is 24.3. The number of hydrogen-bond donors (Lipinski definition) is 1. The van der Waals surface area contributed by atoms with E-state index < -0.39 is 10.0 Å². The first-order valence-corrected chi connectivity index (χ1v) is 13.8. The van der Waals surface area contributed by atoms with Crippen LogP contribution in [0.25, 0.3) is 10.9 Å². The summed E-state index contributed by atoms with van der Waals surface area (Å²) in [5, 5.41) is 4.07. The molecule has 0 unspecified atom stereocenters. The van der Waals surface area contributed by atoms with Crippen molar-refractivity contribution in [3.05, 3.63) is 65.9 Å². The van der Waals surface area contributed by atoms with Gasteiger partial charge in [0.2, 0.25) is 5.91 Å². The molecule has 1 N–H and O–H groups in total. The average Bonchev–Trinajstić information content (AvgIpc) is 2.99. The highest BCUT2D eigenvalue weighted by molar-refractivity contribution is 7.90. The van der Waals surface area contributed by atoms with Crippen molar-refractivity contribution >= 4 is 26.8 Å². The Hall–Kier alpha value is -2.60. The van der Waals surface area contributed by atoms with E-state index in [1.165, 1.54) is 29.7 Å². The number of carbonyl (C=O) groups excluding carboxylic acids is 1. The van der Waals surface area contributed by atoms with Gasteiger partial charge in [0, 0.05) is 24.0 Å². The third kappa shape index (κ3) is 5.38. The maximum atomic E-state index is 13.5. The lowest BCUT2D eigenvalue weighted by Crippen LogP contribution is -2.34. The highest BCUT2D eigenvalue weighted by Gasteiger charge is 2.23. The van der Waals surface area contributed by atoms with Crippen molar-refractivity contribution in [1.29, 1.82) is 0 Å². The van der Waals surface area contributed by atoms with Gasteiger partial charge >= 0.3 is 0 Å². The smallest absolute Gasteiger partial charge is 0.268 e. The van der Waals surface area contributed by atoms with Gasteiger partial charge in [-0.1, -0.05) is 76.8 Å². The normalized spacial score (nSPS) is 15.9. The summed E-state index contributed by atoms with van der Waals surface area (Å²) in [5.41, 5.74) is 2.56. The SMILES string of the molecule is CC(C)(C)c1ccc(S(=O)(=O)n2cc(CCC(=O)NC3CCCCCC3)c3ccccc32)cc1. The zero-order valence-corrected chi connectivity index (χ0v) is 21.3. The van der Waals surface area contributed by atoms with E-state index in [2.05, 4.69) is 26.1 Å². The van der Waals surface area contributed by atoms with Gasteiger partial charge in [0.05, 0.1) is 10.4 Å². The van der Waals surface area contributed by atoms with E-state index in [-0.39, 0.29) is 22.3 Å². The van der Waals surface area contributed by atoms with Crippen LogP contribution in [0.5, 0.6) is 0 Å². The van der Waals surface area contributed by atoms with E-state index >= 15 is 0 Å². The van der Waals surface area contributed by atoms with Gasteiger partial charge in [-0.05, 0) is 54.0 Å². The van der Waals surface area contributed by atoms with Gasteiger partial charge in [-0.3, -0.25) is 4.79 Å². The van der Waals surface area contributed by atoms with Crippen molar-refractivity contribution in [2.45, 2.75) is 88.5 Å². The van der Waals surface area contributed by atoms with Crippen LogP contribution in [0.4, 0.5) is 0 Å². The number of amides is 1. The Balaban J connectivity index is 1.56. The number of nitrogens with one attached hydrogen (secondary N) is 1. The number of nitrogens with zero attached hydrogens (tertiary/aromatic N) is 1. The molecule has 1 fully saturated rings. The van der Waals surface area contributed by atoms with Gasteiger partial charge in [-0.2, -0.15) is 0 Å². The van der Waals surface area contributed by atoms with Crippen LogP contribution in [0, 0.1) is 0 Å². The lowest BCUT2D eigenvalue weighted by Gasteiger charge is -2.19. The lowest BCUT2D eigenvalue weighted by molar-refractivity contribution is -0.121. The van der Waals surface area contributed by atoms with E-state index in [1.807, 2.05) is 36.4 Å². The molecule has 0 atom stereocenters. The van der Waals surface area contributed by atoms with Crippen LogP contribution in [-0.2, 0) is 26.7 Å². The molecule has 0 saturated heterocycles. The minimum absolute atomic E-state index is 0.0457. The molecule has 3 aromatic rings. The van der Waals surface area contributed by atoms with Crippen LogP contribution in [0.3, 0.4) is 0 Å². The number of rotatable bonds is 6. The third-order valence-corrected chi connectivity index (χ3v) is 8.57. The largest absolute Gasteiger partial charge is 0.353 e. The Labute approximate surface area is 203 Å². The average molecular weight is 481 g/mol. The van der Waals surface area contributed by atoms with E-state index in [0.29, 0.717) is 18.4 Å². The number of para-hydroxylation sites is 1. The van der Waals surface area contributed by atoms with Crippen LogP contribution in [0.1, 0.15) is 76.8 Å². The summed E-state index contributed by atoms with van der Waals surface area (Å²) in [7, 11) is -3.76. The second kappa shape index (κ2) is 9.95. The van der Waals surface area contributed by atoms with Crippen LogP contribution in [0.2, 0.25) is 0 Å². The van der Waals surface area contributed by atoms with Crippen LogP contribution in [0.15, 0.2) is 59.6 Å². The van der Waals surface area contributed by atoms with E-state index in [0.717, 1.165) is 29.4 Å². The number of benzene rings is 2. The van der Waals surface area contributed by atoms with Crippen molar-refractivity contribution in [3.63, 3.8) is 0 Å². The van der Waals surface area contributed by atoms with Crippen molar-refractivity contribution in [1.82, 2.24) is 9.29 Å². The van der Waals surface area contributed by atoms with Crippen molar-refractivity contribution < 1.29 is 13.2 Å². The molecule has 1 aliphatic carbocycles. The summed E-state index contributed by atoms with van der Waals surface area (Å²) in [6.45, 7) is 6.32. The molecule has 34 heavy (non-hydrogen) atoms. The van der Waals surface area contributed by atoms with Crippen LogP contribution < -0.4 is 5.32 Å². The zero-order valence-electron chi connectivity index (χ0n) is 20.5. The number of fused-ring (bicyclic) bond motifs is 1. The van der Waals surface area contributed by atoms with Gasteiger partial charge < -0.3 is 5.32 Å². The van der Waals surface area contributed by atoms with Crippen LogP contribution >= 0.6 is 0 Å². The quantitative estimate of drug-likeness (QED) is 0.444. The molecule has 1 aromatic heterocycles. The molecule has 1 heterocycles. The molecular weight excluding hydrogens is 444 g/mol. The first kappa shape index (κ1) is 24.5. The molecule has 1 amide bonds. The molecule has 0 radical (unpaired) electrons. The highest BCUT2D eigenvalue weighted by atomic mass is 32.2. The van der Waals surface area contributed by atoms with Gasteiger partial charge in [0.25, 0.3) is 10.0 Å². The molecule has 1 aliphatic rings. The Morgan fingerprint density at radius 3 is 2.26 bits per heavy atom. The molecule has 0 aliphatic heterocycles. The predicted molar refractivity (Wildman–Crippen MR) is 138 cm³/mol. The maximum absolute atomic E-state index is 13.5. The third-order valence-electron chi connectivity index (χ3n) is 6.88. The van der Waals surface area contributed by atoms with Crippen LogP contribution in [-0.4, -0.2) is 24.3 Å². The van der Waals surface area contributed by atoms with E-state index in [1.54, 1.807) is 18.3 Å². The van der Waals surface area contributed by atoms with E-state index in [4.69, 9.17) is 0 Å². The summed E-state index contributed by atoms with van der Waals surface area (Å²) in [4.78, 5) is 12.9. The predicted octanol–water partition coefficient (Wildman–Crippen LogP) is 5.95. The van der Waals surface area contributed by atoms with Gasteiger partial charge in [0.1, 0.15) is 0 Å². The van der Waals surface area contributed by atoms with Gasteiger partial charge in [-0.15, -0.1) is 0 Å². The fourth-order valence-corrected chi connectivity index (χ4v) is 6.22. The molecule has 0 spiro atoms.